The number of benzene rings is 1. The second kappa shape index (κ2) is 5.42. The molecule has 0 aliphatic rings. The van der Waals surface area contributed by atoms with E-state index in [0.717, 1.165) is 34.2 Å². The van der Waals surface area contributed by atoms with E-state index in [2.05, 4.69) is 35.1 Å². The van der Waals surface area contributed by atoms with Gasteiger partial charge < -0.3 is 9.73 Å². The van der Waals surface area contributed by atoms with Gasteiger partial charge in [-0.2, -0.15) is 0 Å². The third kappa shape index (κ3) is 2.84. The molecule has 2 aromatic rings. The Morgan fingerprint density at radius 2 is 2.18 bits per heavy atom. The molecule has 4 heteroatoms. The molecule has 0 saturated heterocycles. The van der Waals surface area contributed by atoms with Gasteiger partial charge >= 0.3 is 0 Å². The normalized spacial score (nSPS) is 13.2. The van der Waals surface area contributed by atoms with Crippen LogP contribution in [0.3, 0.4) is 0 Å². The van der Waals surface area contributed by atoms with Crippen LogP contribution in [0.15, 0.2) is 27.1 Å². The van der Waals surface area contributed by atoms with E-state index >= 15 is 0 Å². The number of fused-ring (bicyclic) bond motifs is 1. The van der Waals surface area contributed by atoms with Gasteiger partial charge in [0.1, 0.15) is 5.76 Å². The second-order valence-electron chi connectivity index (χ2n) is 4.13. The Morgan fingerprint density at radius 1 is 1.41 bits per heavy atom. The lowest BCUT2D eigenvalue weighted by Gasteiger charge is -2.09. The van der Waals surface area contributed by atoms with E-state index in [-0.39, 0.29) is 6.04 Å². The molecule has 2 rings (SSSR count). The minimum Gasteiger partial charge on any atom is -0.458 e. The Balaban J connectivity index is 2.34. The first kappa shape index (κ1) is 12.9. The lowest BCUT2D eigenvalue weighted by atomic mass is 10.2. The molecule has 1 aromatic carbocycles. The van der Waals surface area contributed by atoms with Gasteiger partial charge in [-0.15, -0.1) is 0 Å². The molecule has 0 spiro atoms. The van der Waals surface area contributed by atoms with Crippen molar-refractivity contribution in [2.24, 2.45) is 0 Å². The number of rotatable bonds is 4. The van der Waals surface area contributed by atoms with Crippen molar-refractivity contribution in [2.45, 2.75) is 26.3 Å². The third-order valence-electron chi connectivity index (χ3n) is 2.68. The van der Waals surface area contributed by atoms with Crippen molar-refractivity contribution in [3.63, 3.8) is 0 Å². The maximum Gasteiger partial charge on any atom is 0.153 e. The molecule has 1 N–H and O–H groups in total. The van der Waals surface area contributed by atoms with Crippen LogP contribution in [0.4, 0.5) is 0 Å². The van der Waals surface area contributed by atoms with Gasteiger partial charge in [0.25, 0.3) is 0 Å². The number of halogens is 2. The van der Waals surface area contributed by atoms with Gasteiger partial charge in [0.15, 0.2) is 5.58 Å². The molecule has 92 valence electrons. The Kier molecular flexibility index (Phi) is 4.13. The van der Waals surface area contributed by atoms with Gasteiger partial charge in [0, 0.05) is 9.86 Å². The van der Waals surface area contributed by atoms with Crippen molar-refractivity contribution in [1.29, 1.82) is 0 Å². The molecule has 2 nitrogen and oxygen atoms in total. The fourth-order valence-corrected chi connectivity index (χ4v) is 2.64. The Labute approximate surface area is 114 Å². The highest BCUT2D eigenvalue weighted by Gasteiger charge is 2.13. The average Bonchev–Trinajstić information content (AvgIpc) is 2.69. The Bertz CT molecular complexity index is 523. The number of hydrogen-bond acceptors (Lipinski definition) is 2. The zero-order valence-electron chi connectivity index (χ0n) is 9.89. The highest BCUT2D eigenvalue weighted by molar-refractivity contribution is 9.10. The summed E-state index contributed by atoms with van der Waals surface area (Å²) in [7, 11) is 0. The quantitative estimate of drug-likeness (QED) is 0.867. The smallest absolute Gasteiger partial charge is 0.153 e. The molecule has 1 aromatic heterocycles. The summed E-state index contributed by atoms with van der Waals surface area (Å²) in [5.41, 5.74) is 0.759. The van der Waals surface area contributed by atoms with E-state index in [1.54, 1.807) is 0 Å². The van der Waals surface area contributed by atoms with Crippen molar-refractivity contribution < 1.29 is 4.42 Å². The van der Waals surface area contributed by atoms with Crippen LogP contribution in [0.5, 0.6) is 0 Å². The number of nitrogens with one attached hydrogen (secondary N) is 1. The number of hydrogen-bond donors (Lipinski definition) is 1. The largest absolute Gasteiger partial charge is 0.458 e. The molecular formula is C13H15BrClNO. The molecule has 1 atom stereocenters. The minimum absolute atomic E-state index is 0.206. The van der Waals surface area contributed by atoms with Gasteiger partial charge in [-0.05, 0) is 38.1 Å². The maximum absolute atomic E-state index is 6.14. The van der Waals surface area contributed by atoms with E-state index in [9.17, 15) is 0 Å². The lowest BCUT2D eigenvalue weighted by Crippen LogP contribution is -2.18. The van der Waals surface area contributed by atoms with Gasteiger partial charge in [-0.25, -0.2) is 0 Å². The summed E-state index contributed by atoms with van der Waals surface area (Å²) in [5, 5.41) is 5.07. The van der Waals surface area contributed by atoms with E-state index in [1.165, 1.54) is 0 Å². The molecule has 0 aliphatic heterocycles. The zero-order valence-corrected chi connectivity index (χ0v) is 12.2. The minimum atomic E-state index is 0.206. The van der Waals surface area contributed by atoms with E-state index in [1.807, 2.05) is 18.2 Å². The topological polar surface area (TPSA) is 25.2 Å². The third-order valence-corrected chi connectivity index (χ3v) is 3.42. The van der Waals surface area contributed by atoms with Crippen LogP contribution in [0.2, 0.25) is 5.02 Å². The van der Waals surface area contributed by atoms with Crippen LogP contribution in [0.1, 0.15) is 32.1 Å². The van der Waals surface area contributed by atoms with Crippen LogP contribution in [-0.4, -0.2) is 6.54 Å². The van der Waals surface area contributed by atoms with E-state index in [4.69, 9.17) is 16.0 Å². The Morgan fingerprint density at radius 3 is 2.88 bits per heavy atom. The first-order valence-corrected chi connectivity index (χ1v) is 6.90. The Hall–Kier alpha value is -0.510. The molecule has 0 radical (unpaired) electrons. The fourth-order valence-electron chi connectivity index (χ4n) is 1.77. The fraction of sp³-hybridized carbons (Fsp3) is 0.385. The van der Waals surface area contributed by atoms with Crippen LogP contribution in [0.25, 0.3) is 11.0 Å². The molecule has 0 aliphatic carbocycles. The van der Waals surface area contributed by atoms with Crippen molar-refractivity contribution in [3.05, 3.63) is 33.5 Å². The first-order valence-electron chi connectivity index (χ1n) is 5.73. The first-order chi connectivity index (χ1) is 8.11. The summed E-state index contributed by atoms with van der Waals surface area (Å²) in [4.78, 5) is 0. The van der Waals surface area contributed by atoms with Crippen LogP contribution < -0.4 is 5.32 Å². The van der Waals surface area contributed by atoms with Crippen LogP contribution in [-0.2, 0) is 0 Å². The zero-order chi connectivity index (χ0) is 12.4. The van der Waals surface area contributed by atoms with Crippen molar-refractivity contribution in [2.75, 3.05) is 6.54 Å². The van der Waals surface area contributed by atoms with Crippen LogP contribution >= 0.6 is 27.5 Å². The van der Waals surface area contributed by atoms with Gasteiger partial charge in [-0.3, -0.25) is 0 Å². The predicted molar refractivity (Wildman–Crippen MR) is 75.6 cm³/mol. The molecule has 0 bridgehead atoms. The molecule has 0 amide bonds. The summed E-state index contributed by atoms with van der Waals surface area (Å²) < 4.78 is 6.77. The van der Waals surface area contributed by atoms with Crippen molar-refractivity contribution >= 4 is 38.5 Å². The molecule has 1 heterocycles. The molecular weight excluding hydrogens is 302 g/mol. The van der Waals surface area contributed by atoms with Crippen molar-refractivity contribution in [1.82, 2.24) is 5.32 Å². The highest BCUT2D eigenvalue weighted by Crippen LogP contribution is 2.32. The second-order valence-corrected chi connectivity index (χ2v) is 5.45. The SMILES string of the molecule is CCCNC(C)c1cc2cc(Br)cc(Cl)c2o1. The lowest BCUT2D eigenvalue weighted by molar-refractivity contribution is 0.452. The molecule has 0 fully saturated rings. The molecule has 1 unspecified atom stereocenters. The van der Waals surface area contributed by atoms with Crippen molar-refractivity contribution in [3.8, 4) is 0 Å². The summed E-state index contributed by atoms with van der Waals surface area (Å²) in [6.07, 6.45) is 1.11. The highest BCUT2D eigenvalue weighted by atomic mass is 79.9. The van der Waals surface area contributed by atoms with Gasteiger partial charge in [0.2, 0.25) is 0 Å². The molecule has 0 saturated carbocycles. The standard InChI is InChI=1S/C13H15BrClNO/c1-3-4-16-8(2)12-6-9-5-10(14)7-11(15)13(9)17-12/h5-8,16H,3-4H2,1-2H3. The summed E-state index contributed by atoms with van der Waals surface area (Å²) >= 11 is 9.57. The van der Waals surface area contributed by atoms with E-state index in [0.29, 0.717) is 5.02 Å². The average molecular weight is 317 g/mol. The van der Waals surface area contributed by atoms with Crippen LogP contribution in [0, 0.1) is 0 Å². The monoisotopic (exact) mass is 315 g/mol. The number of furan rings is 1. The van der Waals surface area contributed by atoms with E-state index < -0.39 is 0 Å². The predicted octanol–water partition coefficient (Wildman–Crippen LogP) is 4.91. The van der Waals surface area contributed by atoms with Gasteiger partial charge in [0.05, 0.1) is 11.1 Å². The summed E-state index contributed by atoms with van der Waals surface area (Å²) in [6.45, 7) is 5.22. The summed E-state index contributed by atoms with van der Waals surface area (Å²) in [5.74, 6) is 0.924. The van der Waals surface area contributed by atoms with Gasteiger partial charge in [-0.1, -0.05) is 34.5 Å². The molecule has 17 heavy (non-hydrogen) atoms. The summed E-state index contributed by atoms with van der Waals surface area (Å²) in [6, 6.07) is 6.11. The maximum atomic E-state index is 6.14.